The second kappa shape index (κ2) is 4.96. The second-order valence-electron chi connectivity index (χ2n) is 4.76. The molecular formula is C11H16N4O4. The standard InChI is InChI=1S/C11H16N4O4/c1-7-4-14(5-8(2)19-7)11(16)10-9(15(17)18)6-13(3)12-10/h6-8H,4-5H2,1-3H3/t7-,8-/m0/s1. The van der Waals surface area contributed by atoms with E-state index >= 15 is 0 Å². The molecule has 1 saturated heterocycles. The lowest BCUT2D eigenvalue weighted by Gasteiger charge is -2.34. The van der Waals surface area contributed by atoms with Gasteiger partial charge in [0.05, 0.1) is 17.1 Å². The van der Waals surface area contributed by atoms with Gasteiger partial charge >= 0.3 is 5.69 Å². The van der Waals surface area contributed by atoms with Crippen LogP contribution in [-0.4, -0.2) is 50.8 Å². The van der Waals surface area contributed by atoms with Crippen molar-refractivity contribution in [3.8, 4) is 0 Å². The van der Waals surface area contributed by atoms with E-state index in [1.165, 1.54) is 10.9 Å². The fourth-order valence-electron chi connectivity index (χ4n) is 2.26. The number of ether oxygens (including phenoxy) is 1. The Kier molecular flexibility index (Phi) is 3.52. The van der Waals surface area contributed by atoms with Crippen molar-refractivity contribution in [2.45, 2.75) is 26.1 Å². The third kappa shape index (κ3) is 2.73. The number of carbonyl (C=O) groups is 1. The maximum atomic E-state index is 12.3. The zero-order valence-electron chi connectivity index (χ0n) is 11.1. The molecule has 8 nitrogen and oxygen atoms in total. The summed E-state index contributed by atoms with van der Waals surface area (Å²) in [7, 11) is 1.55. The van der Waals surface area contributed by atoms with Crippen molar-refractivity contribution < 1.29 is 14.5 Å². The van der Waals surface area contributed by atoms with E-state index in [0.717, 1.165) is 0 Å². The van der Waals surface area contributed by atoms with Gasteiger partial charge in [-0.3, -0.25) is 19.6 Å². The normalized spacial score (nSPS) is 23.4. The molecule has 2 rings (SSSR count). The molecule has 104 valence electrons. The Morgan fingerprint density at radius 3 is 2.58 bits per heavy atom. The lowest BCUT2D eigenvalue weighted by Crippen LogP contribution is -2.48. The van der Waals surface area contributed by atoms with E-state index < -0.39 is 10.8 Å². The highest BCUT2D eigenvalue weighted by molar-refractivity contribution is 5.96. The maximum absolute atomic E-state index is 12.3. The number of hydrogen-bond acceptors (Lipinski definition) is 5. The van der Waals surface area contributed by atoms with Gasteiger partial charge in [0.1, 0.15) is 6.20 Å². The summed E-state index contributed by atoms with van der Waals surface area (Å²) in [5.41, 5.74) is -0.381. The predicted octanol–water partition coefficient (Wildman–Crippen LogP) is 0.578. The smallest absolute Gasteiger partial charge is 0.320 e. The molecule has 0 aromatic carbocycles. The van der Waals surface area contributed by atoms with Gasteiger partial charge in [0, 0.05) is 20.1 Å². The van der Waals surface area contributed by atoms with Gasteiger partial charge in [0.2, 0.25) is 5.69 Å². The molecule has 8 heteroatoms. The Labute approximate surface area is 110 Å². The zero-order valence-corrected chi connectivity index (χ0v) is 11.1. The van der Waals surface area contributed by atoms with Crippen LogP contribution in [0.5, 0.6) is 0 Å². The molecule has 1 aliphatic heterocycles. The quantitative estimate of drug-likeness (QED) is 0.578. The molecule has 1 aromatic rings. The highest BCUT2D eigenvalue weighted by atomic mass is 16.6. The van der Waals surface area contributed by atoms with E-state index in [9.17, 15) is 14.9 Å². The number of nitrogens with zero attached hydrogens (tertiary/aromatic N) is 4. The molecule has 2 atom stereocenters. The first kappa shape index (κ1) is 13.5. The first-order valence-electron chi connectivity index (χ1n) is 6.01. The average Bonchev–Trinajstić information content (AvgIpc) is 2.69. The monoisotopic (exact) mass is 268 g/mol. The van der Waals surface area contributed by atoms with E-state index in [1.807, 2.05) is 13.8 Å². The van der Waals surface area contributed by atoms with Gasteiger partial charge in [-0.25, -0.2) is 0 Å². The van der Waals surface area contributed by atoms with E-state index in [4.69, 9.17) is 4.74 Å². The van der Waals surface area contributed by atoms with Gasteiger partial charge < -0.3 is 9.64 Å². The number of hydrogen-bond donors (Lipinski definition) is 0. The Morgan fingerprint density at radius 1 is 1.47 bits per heavy atom. The molecule has 0 radical (unpaired) electrons. The molecule has 0 bridgehead atoms. The number of amides is 1. The first-order chi connectivity index (χ1) is 8.88. The van der Waals surface area contributed by atoms with Gasteiger partial charge in [0.25, 0.3) is 5.91 Å². The Hall–Kier alpha value is -1.96. The number of nitro groups is 1. The number of morpholine rings is 1. The summed E-state index contributed by atoms with van der Waals surface area (Å²) in [6, 6.07) is 0. The van der Waals surface area contributed by atoms with Crippen LogP contribution < -0.4 is 0 Å². The average molecular weight is 268 g/mol. The van der Waals surface area contributed by atoms with E-state index in [-0.39, 0.29) is 23.6 Å². The Bertz CT molecular complexity index is 503. The van der Waals surface area contributed by atoms with Crippen LogP contribution in [0.3, 0.4) is 0 Å². The van der Waals surface area contributed by atoms with Crippen LogP contribution in [0.25, 0.3) is 0 Å². The molecule has 1 fully saturated rings. The molecule has 0 N–H and O–H groups in total. The summed E-state index contributed by atoms with van der Waals surface area (Å²) < 4.78 is 6.81. The SMILES string of the molecule is C[C@H]1CN(C(=O)c2nn(C)cc2[N+](=O)[O-])C[C@H](C)O1. The lowest BCUT2D eigenvalue weighted by molar-refractivity contribution is -0.385. The van der Waals surface area contributed by atoms with Crippen molar-refractivity contribution in [2.24, 2.45) is 7.05 Å². The summed E-state index contributed by atoms with van der Waals surface area (Å²) >= 11 is 0. The minimum atomic E-state index is -0.590. The van der Waals surface area contributed by atoms with Crippen LogP contribution >= 0.6 is 0 Å². The van der Waals surface area contributed by atoms with Gasteiger partial charge in [-0.1, -0.05) is 0 Å². The summed E-state index contributed by atoms with van der Waals surface area (Å²) in [5, 5.41) is 14.8. The number of carbonyl (C=O) groups excluding carboxylic acids is 1. The van der Waals surface area contributed by atoms with E-state index in [2.05, 4.69) is 5.10 Å². The summed E-state index contributed by atoms with van der Waals surface area (Å²) in [4.78, 5) is 24.2. The number of aryl methyl sites for hydroxylation is 1. The topological polar surface area (TPSA) is 90.5 Å². The summed E-state index contributed by atoms with van der Waals surface area (Å²) in [6.45, 7) is 4.55. The van der Waals surface area contributed by atoms with Crippen molar-refractivity contribution >= 4 is 11.6 Å². The van der Waals surface area contributed by atoms with Gasteiger partial charge in [-0.05, 0) is 13.8 Å². The van der Waals surface area contributed by atoms with Crippen LogP contribution in [0.2, 0.25) is 0 Å². The number of aromatic nitrogens is 2. The molecule has 1 amide bonds. The largest absolute Gasteiger partial charge is 0.372 e. The van der Waals surface area contributed by atoms with Crippen LogP contribution in [0.1, 0.15) is 24.3 Å². The molecule has 0 aliphatic carbocycles. The van der Waals surface area contributed by atoms with Crippen LogP contribution in [0.15, 0.2) is 6.20 Å². The molecule has 0 spiro atoms. The van der Waals surface area contributed by atoms with Crippen molar-refractivity contribution in [1.82, 2.24) is 14.7 Å². The number of rotatable bonds is 2. The molecule has 1 aliphatic rings. The Morgan fingerprint density at radius 2 is 2.05 bits per heavy atom. The zero-order chi connectivity index (χ0) is 14.2. The van der Waals surface area contributed by atoms with E-state index in [1.54, 1.807) is 11.9 Å². The molecule has 0 saturated carbocycles. The van der Waals surface area contributed by atoms with Gasteiger partial charge in [-0.2, -0.15) is 5.10 Å². The fourth-order valence-corrected chi connectivity index (χ4v) is 2.26. The first-order valence-corrected chi connectivity index (χ1v) is 6.01. The highest BCUT2D eigenvalue weighted by Gasteiger charge is 2.32. The van der Waals surface area contributed by atoms with Crippen molar-refractivity contribution in [3.05, 3.63) is 22.0 Å². The van der Waals surface area contributed by atoms with Crippen LogP contribution in [-0.2, 0) is 11.8 Å². The second-order valence-corrected chi connectivity index (χ2v) is 4.76. The van der Waals surface area contributed by atoms with Crippen molar-refractivity contribution in [1.29, 1.82) is 0 Å². The van der Waals surface area contributed by atoms with Crippen LogP contribution in [0, 0.1) is 10.1 Å². The Balaban J connectivity index is 2.26. The van der Waals surface area contributed by atoms with Crippen molar-refractivity contribution in [3.63, 3.8) is 0 Å². The minimum Gasteiger partial charge on any atom is -0.372 e. The van der Waals surface area contributed by atoms with Gasteiger partial charge in [-0.15, -0.1) is 0 Å². The molecule has 2 heterocycles. The van der Waals surface area contributed by atoms with Crippen molar-refractivity contribution in [2.75, 3.05) is 13.1 Å². The maximum Gasteiger partial charge on any atom is 0.320 e. The summed E-state index contributed by atoms with van der Waals surface area (Å²) in [5.74, 6) is -0.422. The lowest BCUT2D eigenvalue weighted by atomic mass is 10.2. The minimum absolute atomic E-state index is 0.0875. The fraction of sp³-hybridized carbons (Fsp3) is 0.636. The molecular weight excluding hydrogens is 252 g/mol. The van der Waals surface area contributed by atoms with E-state index in [0.29, 0.717) is 13.1 Å². The third-order valence-corrected chi connectivity index (χ3v) is 2.92. The third-order valence-electron chi connectivity index (χ3n) is 2.92. The molecule has 1 aromatic heterocycles. The highest BCUT2D eigenvalue weighted by Crippen LogP contribution is 2.20. The van der Waals surface area contributed by atoms with Crippen LogP contribution in [0.4, 0.5) is 5.69 Å². The molecule has 19 heavy (non-hydrogen) atoms. The van der Waals surface area contributed by atoms with Gasteiger partial charge in [0.15, 0.2) is 0 Å². The molecule has 0 unspecified atom stereocenters. The predicted molar refractivity (Wildman–Crippen MR) is 65.8 cm³/mol. The summed E-state index contributed by atoms with van der Waals surface area (Å²) in [6.07, 6.45) is 1.06.